The van der Waals surface area contributed by atoms with E-state index in [1.54, 1.807) is 18.2 Å². The van der Waals surface area contributed by atoms with Crippen molar-refractivity contribution in [3.8, 4) is 0 Å². The predicted octanol–water partition coefficient (Wildman–Crippen LogP) is 3.51. The molecule has 1 aromatic carbocycles. The molecule has 1 aromatic heterocycles. The second kappa shape index (κ2) is 5.37. The summed E-state index contributed by atoms with van der Waals surface area (Å²) in [6.07, 6.45) is 0. The molecule has 0 fully saturated rings. The van der Waals surface area contributed by atoms with Crippen molar-refractivity contribution in [2.75, 3.05) is 5.73 Å². The van der Waals surface area contributed by atoms with Crippen LogP contribution in [0.1, 0.15) is 16.3 Å². The first-order valence-electron chi connectivity index (χ1n) is 5.06. The highest BCUT2D eigenvalue weighted by molar-refractivity contribution is 7.98. The lowest BCUT2D eigenvalue weighted by Crippen LogP contribution is -1.91. The van der Waals surface area contributed by atoms with Gasteiger partial charge in [-0.15, -0.1) is 11.8 Å². The van der Waals surface area contributed by atoms with E-state index in [4.69, 9.17) is 26.9 Å². The molecule has 0 radical (unpaired) electrons. The number of carboxylic acid groups (broad SMARTS) is 1. The number of carboxylic acids is 1. The molecule has 0 unspecified atom stereocenters. The first-order chi connectivity index (χ1) is 8.56. The van der Waals surface area contributed by atoms with Gasteiger partial charge in [0, 0.05) is 4.90 Å². The van der Waals surface area contributed by atoms with E-state index in [-0.39, 0.29) is 5.76 Å². The highest BCUT2D eigenvalue weighted by Crippen LogP contribution is 2.28. The van der Waals surface area contributed by atoms with Crippen molar-refractivity contribution in [2.45, 2.75) is 10.6 Å². The Morgan fingerprint density at radius 1 is 1.39 bits per heavy atom. The van der Waals surface area contributed by atoms with Crippen molar-refractivity contribution in [2.24, 2.45) is 0 Å². The van der Waals surface area contributed by atoms with Crippen LogP contribution in [0.5, 0.6) is 0 Å². The highest BCUT2D eigenvalue weighted by atomic mass is 35.5. The van der Waals surface area contributed by atoms with Crippen molar-refractivity contribution in [1.82, 2.24) is 0 Å². The van der Waals surface area contributed by atoms with Crippen LogP contribution in [0.25, 0.3) is 0 Å². The number of hydrogen-bond acceptors (Lipinski definition) is 4. The summed E-state index contributed by atoms with van der Waals surface area (Å²) in [6.45, 7) is 0. The molecule has 0 bridgehead atoms. The van der Waals surface area contributed by atoms with Crippen LogP contribution in [0.4, 0.5) is 5.69 Å². The molecule has 0 saturated heterocycles. The largest absolute Gasteiger partial charge is 0.475 e. The number of halogens is 1. The summed E-state index contributed by atoms with van der Waals surface area (Å²) in [4.78, 5) is 11.6. The fourth-order valence-electron chi connectivity index (χ4n) is 1.32. The van der Waals surface area contributed by atoms with Gasteiger partial charge >= 0.3 is 5.97 Å². The zero-order valence-corrected chi connectivity index (χ0v) is 10.8. The van der Waals surface area contributed by atoms with E-state index in [0.717, 1.165) is 4.90 Å². The van der Waals surface area contributed by atoms with Gasteiger partial charge < -0.3 is 15.3 Å². The van der Waals surface area contributed by atoms with E-state index in [1.165, 1.54) is 17.8 Å². The summed E-state index contributed by atoms with van der Waals surface area (Å²) in [6, 6.07) is 8.44. The molecule has 2 rings (SSSR count). The van der Waals surface area contributed by atoms with E-state index in [1.807, 2.05) is 6.07 Å². The van der Waals surface area contributed by atoms with Crippen LogP contribution in [-0.4, -0.2) is 11.1 Å². The van der Waals surface area contributed by atoms with Gasteiger partial charge in [0.25, 0.3) is 0 Å². The minimum absolute atomic E-state index is 0.0547. The van der Waals surface area contributed by atoms with Crippen LogP contribution in [-0.2, 0) is 5.75 Å². The summed E-state index contributed by atoms with van der Waals surface area (Å²) in [5, 5.41) is 9.22. The van der Waals surface area contributed by atoms with Crippen LogP contribution in [0.3, 0.4) is 0 Å². The number of furan rings is 1. The molecule has 0 aliphatic rings. The van der Waals surface area contributed by atoms with Gasteiger partial charge in [0.1, 0.15) is 5.76 Å². The number of aromatic carboxylic acids is 1. The molecule has 2 aromatic rings. The highest BCUT2D eigenvalue weighted by Gasteiger charge is 2.09. The van der Waals surface area contributed by atoms with Crippen molar-refractivity contribution in [3.05, 3.63) is 46.9 Å². The third-order valence-electron chi connectivity index (χ3n) is 2.23. The average Bonchev–Trinajstić information content (AvgIpc) is 2.79. The lowest BCUT2D eigenvalue weighted by atomic mass is 10.3. The molecular weight excluding hydrogens is 274 g/mol. The quantitative estimate of drug-likeness (QED) is 0.663. The molecule has 0 amide bonds. The molecule has 1 heterocycles. The molecule has 4 nitrogen and oxygen atoms in total. The number of thioether (sulfide) groups is 1. The zero-order valence-electron chi connectivity index (χ0n) is 9.22. The van der Waals surface area contributed by atoms with Gasteiger partial charge in [-0.05, 0) is 30.3 Å². The number of nitrogens with two attached hydrogens (primary N) is 1. The zero-order chi connectivity index (χ0) is 13.1. The van der Waals surface area contributed by atoms with Crippen molar-refractivity contribution in [1.29, 1.82) is 0 Å². The van der Waals surface area contributed by atoms with Crippen LogP contribution in [0.15, 0.2) is 39.6 Å². The van der Waals surface area contributed by atoms with Gasteiger partial charge in [-0.3, -0.25) is 0 Å². The smallest absolute Gasteiger partial charge is 0.371 e. The van der Waals surface area contributed by atoms with Crippen molar-refractivity contribution < 1.29 is 14.3 Å². The van der Waals surface area contributed by atoms with Crippen molar-refractivity contribution >= 4 is 35.0 Å². The molecule has 0 aliphatic heterocycles. The Morgan fingerprint density at radius 3 is 2.78 bits per heavy atom. The summed E-state index contributed by atoms with van der Waals surface area (Å²) < 4.78 is 5.14. The van der Waals surface area contributed by atoms with Gasteiger partial charge in [0.15, 0.2) is 0 Å². The van der Waals surface area contributed by atoms with Gasteiger partial charge in [0.2, 0.25) is 5.76 Å². The van der Waals surface area contributed by atoms with Crippen molar-refractivity contribution in [3.63, 3.8) is 0 Å². The van der Waals surface area contributed by atoms with E-state index in [9.17, 15) is 4.79 Å². The number of rotatable bonds is 4. The Kier molecular flexibility index (Phi) is 3.84. The fourth-order valence-corrected chi connectivity index (χ4v) is 2.40. The molecular formula is C12H10ClNO3S. The number of benzene rings is 1. The maximum Gasteiger partial charge on any atom is 0.371 e. The minimum atomic E-state index is -1.07. The lowest BCUT2D eigenvalue weighted by molar-refractivity contribution is 0.0661. The Balaban J connectivity index is 2.02. The number of carbonyl (C=O) groups is 1. The topological polar surface area (TPSA) is 76.5 Å². The summed E-state index contributed by atoms with van der Waals surface area (Å²) >= 11 is 7.40. The van der Waals surface area contributed by atoms with E-state index in [0.29, 0.717) is 22.2 Å². The second-order valence-corrected chi connectivity index (χ2v) is 5.00. The molecule has 3 N–H and O–H groups in total. The predicted molar refractivity (Wildman–Crippen MR) is 71.1 cm³/mol. The Morgan fingerprint density at radius 2 is 2.17 bits per heavy atom. The summed E-state index contributed by atoms with van der Waals surface area (Å²) in [5.74, 6) is 0.0149. The third kappa shape index (κ3) is 3.00. The number of hydrogen-bond donors (Lipinski definition) is 2. The number of anilines is 1. The Bertz CT molecular complexity index is 582. The number of nitrogen functional groups attached to an aromatic ring is 1. The molecule has 0 spiro atoms. The lowest BCUT2D eigenvalue weighted by Gasteiger charge is -2.02. The molecule has 94 valence electrons. The third-order valence-corrected chi connectivity index (χ3v) is 3.57. The second-order valence-electron chi connectivity index (χ2n) is 3.54. The normalized spacial score (nSPS) is 10.5. The van der Waals surface area contributed by atoms with Crippen LogP contribution < -0.4 is 5.73 Å². The van der Waals surface area contributed by atoms with Gasteiger partial charge in [-0.2, -0.15) is 0 Å². The van der Waals surface area contributed by atoms with Gasteiger partial charge in [0.05, 0.1) is 16.5 Å². The molecule has 18 heavy (non-hydrogen) atoms. The average molecular weight is 284 g/mol. The molecule has 6 heteroatoms. The first-order valence-corrected chi connectivity index (χ1v) is 6.42. The van der Waals surface area contributed by atoms with Crippen LogP contribution in [0, 0.1) is 0 Å². The SMILES string of the molecule is Nc1ccc(SCc2ccc(C(=O)O)o2)cc1Cl. The maximum absolute atomic E-state index is 10.6. The fraction of sp³-hybridized carbons (Fsp3) is 0.0833. The van der Waals surface area contributed by atoms with Crippen LogP contribution >= 0.6 is 23.4 Å². The standard InChI is InChI=1S/C12H10ClNO3S/c13-9-5-8(2-3-10(9)14)18-6-7-1-4-11(17-7)12(15)16/h1-5H,6,14H2,(H,15,16). The molecule has 0 saturated carbocycles. The summed E-state index contributed by atoms with van der Waals surface area (Å²) in [7, 11) is 0. The minimum Gasteiger partial charge on any atom is -0.475 e. The summed E-state index contributed by atoms with van der Waals surface area (Å²) in [5.41, 5.74) is 6.14. The molecule has 0 aliphatic carbocycles. The molecule has 0 atom stereocenters. The maximum atomic E-state index is 10.6. The van der Waals surface area contributed by atoms with Crippen LogP contribution in [0.2, 0.25) is 5.02 Å². The Hall–Kier alpha value is -1.59. The van der Waals surface area contributed by atoms with E-state index in [2.05, 4.69) is 0 Å². The first kappa shape index (κ1) is 12.9. The van der Waals surface area contributed by atoms with Gasteiger partial charge in [-0.1, -0.05) is 11.6 Å². The van der Waals surface area contributed by atoms with E-state index < -0.39 is 5.97 Å². The van der Waals surface area contributed by atoms with Gasteiger partial charge in [-0.25, -0.2) is 4.79 Å². The monoisotopic (exact) mass is 283 g/mol. The van der Waals surface area contributed by atoms with E-state index >= 15 is 0 Å². The Labute approximate surface area is 113 Å².